The molecule has 0 unspecified atom stereocenters. The smallest absolute Gasteiger partial charge is 0.160 e. The third-order valence-corrected chi connectivity index (χ3v) is 5.71. The van der Waals surface area contributed by atoms with Crippen LogP contribution in [0.1, 0.15) is 11.1 Å². The van der Waals surface area contributed by atoms with Gasteiger partial charge in [0, 0.05) is 23.2 Å². The lowest BCUT2D eigenvalue weighted by molar-refractivity contribution is 0.373. The topological polar surface area (TPSA) is 96.5 Å². The van der Waals surface area contributed by atoms with Gasteiger partial charge in [0.05, 0.1) is 36.6 Å². The summed E-state index contributed by atoms with van der Waals surface area (Å²) in [5.41, 5.74) is 4.64. The highest BCUT2D eigenvalue weighted by Gasteiger charge is 2.05. The highest BCUT2D eigenvalue weighted by Crippen LogP contribution is 2.29. The predicted octanol–water partition coefficient (Wildman–Crippen LogP) is 6.32. The number of pyridine rings is 1. The van der Waals surface area contributed by atoms with Gasteiger partial charge in [0.1, 0.15) is 0 Å². The summed E-state index contributed by atoms with van der Waals surface area (Å²) in [7, 11) is 3.02. The summed E-state index contributed by atoms with van der Waals surface area (Å²) < 4.78 is 10.2. The molecule has 1 heterocycles. The molecule has 0 aliphatic carbocycles. The molecule has 0 spiro atoms. The predicted molar refractivity (Wildman–Crippen MR) is 143 cm³/mol. The third kappa shape index (κ3) is 4.81. The number of hydrogen-bond acceptors (Lipinski definition) is 7. The minimum absolute atomic E-state index is 0.0651. The highest BCUT2D eigenvalue weighted by atomic mass is 16.5. The minimum Gasteiger partial charge on any atom is -0.504 e. The van der Waals surface area contributed by atoms with Crippen molar-refractivity contribution in [2.45, 2.75) is 0 Å². The number of ether oxygens (including phenoxy) is 2. The number of hydrogen-bond donors (Lipinski definition) is 2. The number of aromatic nitrogens is 1. The molecule has 5 rings (SSSR count). The molecule has 2 N–H and O–H groups in total. The first-order chi connectivity index (χ1) is 17.5. The van der Waals surface area contributed by atoms with Crippen LogP contribution in [0.25, 0.3) is 21.8 Å². The van der Waals surface area contributed by atoms with Gasteiger partial charge in [-0.1, -0.05) is 12.1 Å². The zero-order valence-corrected chi connectivity index (χ0v) is 19.7. The number of nitrogens with zero attached hydrogens (tertiary/aromatic N) is 3. The molecule has 1 aromatic heterocycles. The molecule has 0 saturated carbocycles. The molecule has 0 aliphatic rings. The maximum atomic E-state index is 9.97. The summed E-state index contributed by atoms with van der Waals surface area (Å²) in [6.45, 7) is 0. The van der Waals surface area contributed by atoms with E-state index < -0.39 is 0 Å². The Bertz CT molecular complexity index is 1530. The molecular formula is C29H23N3O4. The van der Waals surface area contributed by atoms with E-state index in [0.717, 1.165) is 44.3 Å². The molecule has 0 fully saturated rings. The van der Waals surface area contributed by atoms with Crippen LogP contribution < -0.4 is 9.47 Å². The van der Waals surface area contributed by atoms with Crippen molar-refractivity contribution in [3.8, 4) is 23.0 Å². The number of benzene rings is 4. The monoisotopic (exact) mass is 477 g/mol. The fourth-order valence-electron chi connectivity index (χ4n) is 3.83. The van der Waals surface area contributed by atoms with Crippen LogP contribution in [0.5, 0.6) is 23.0 Å². The van der Waals surface area contributed by atoms with Crippen molar-refractivity contribution < 1.29 is 19.7 Å². The molecule has 7 heteroatoms. The van der Waals surface area contributed by atoms with Crippen LogP contribution in [-0.4, -0.2) is 41.8 Å². The van der Waals surface area contributed by atoms with Gasteiger partial charge in [-0.15, -0.1) is 0 Å². The highest BCUT2D eigenvalue weighted by molar-refractivity contribution is 5.95. The van der Waals surface area contributed by atoms with Crippen LogP contribution >= 0.6 is 0 Å². The Morgan fingerprint density at radius 1 is 0.611 bits per heavy atom. The van der Waals surface area contributed by atoms with Crippen LogP contribution in [-0.2, 0) is 0 Å². The van der Waals surface area contributed by atoms with Crippen LogP contribution in [0.3, 0.4) is 0 Å². The van der Waals surface area contributed by atoms with Crippen molar-refractivity contribution >= 4 is 45.6 Å². The Balaban J connectivity index is 1.42. The molecule has 7 nitrogen and oxygen atoms in total. The molecule has 0 radical (unpaired) electrons. The first kappa shape index (κ1) is 22.9. The lowest BCUT2D eigenvalue weighted by atomic mass is 10.1. The van der Waals surface area contributed by atoms with E-state index in [1.807, 2.05) is 48.5 Å². The average Bonchev–Trinajstić information content (AvgIpc) is 2.89. The quantitative estimate of drug-likeness (QED) is 0.220. The third-order valence-electron chi connectivity index (χ3n) is 5.71. The fourth-order valence-corrected chi connectivity index (χ4v) is 3.83. The van der Waals surface area contributed by atoms with Crippen molar-refractivity contribution in [2.75, 3.05) is 14.2 Å². The van der Waals surface area contributed by atoms with E-state index >= 15 is 0 Å². The average molecular weight is 478 g/mol. The molecule has 0 aliphatic heterocycles. The van der Waals surface area contributed by atoms with Gasteiger partial charge in [0.15, 0.2) is 23.0 Å². The minimum atomic E-state index is 0.0651. The van der Waals surface area contributed by atoms with Crippen molar-refractivity contribution in [3.63, 3.8) is 0 Å². The molecule has 4 aromatic carbocycles. The van der Waals surface area contributed by atoms with E-state index in [9.17, 15) is 10.2 Å². The van der Waals surface area contributed by atoms with Gasteiger partial charge < -0.3 is 19.7 Å². The Morgan fingerprint density at radius 3 is 1.50 bits per heavy atom. The van der Waals surface area contributed by atoms with Gasteiger partial charge in [0.25, 0.3) is 0 Å². The van der Waals surface area contributed by atoms with E-state index in [1.165, 1.54) is 14.2 Å². The van der Waals surface area contributed by atoms with Crippen LogP contribution in [0, 0.1) is 0 Å². The zero-order chi connectivity index (χ0) is 25.1. The van der Waals surface area contributed by atoms with E-state index in [0.29, 0.717) is 11.5 Å². The number of phenolic OH excluding ortho intramolecular Hbond substituents is 2. The van der Waals surface area contributed by atoms with E-state index in [1.54, 1.807) is 36.7 Å². The van der Waals surface area contributed by atoms with Gasteiger partial charge >= 0.3 is 0 Å². The van der Waals surface area contributed by atoms with E-state index in [2.05, 4.69) is 16.1 Å². The summed E-state index contributed by atoms with van der Waals surface area (Å²) in [6.07, 6.45) is 3.37. The summed E-state index contributed by atoms with van der Waals surface area (Å²) in [4.78, 5) is 13.9. The van der Waals surface area contributed by atoms with Crippen molar-refractivity contribution in [1.29, 1.82) is 0 Å². The summed E-state index contributed by atoms with van der Waals surface area (Å²) >= 11 is 0. The summed E-state index contributed by atoms with van der Waals surface area (Å²) in [6, 6.07) is 24.0. The standard InChI is InChI=1S/C29H23N3O4/c1-35-28-9-3-18(11-26(28)33)16-30-22-7-5-20-13-21-6-8-23(15-25(21)32-24(20)14-22)31-17-19-4-10-29(36-2)27(34)12-19/h3-17,33-34H,1-2H3. The van der Waals surface area contributed by atoms with Crippen molar-refractivity contribution in [2.24, 2.45) is 9.98 Å². The molecule has 36 heavy (non-hydrogen) atoms. The van der Waals surface area contributed by atoms with E-state index in [-0.39, 0.29) is 11.5 Å². The molecule has 0 amide bonds. The second-order valence-electron chi connectivity index (χ2n) is 8.12. The summed E-state index contributed by atoms with van der Waals surface area (Å²) in [5.74, 6) is 0.963. The first-order valence-corrected chi connectivity index (χ1v) is 11.2. The lowest BCUT2D eigenvalue weighted by Gasteiger charge is -2.05. The molecule has 0 bridgehead atoms. The normalized spacial score (nSPS) is 11.6. The Kier molecular flexibility index (Phi) is 6.19. The molecular weight excluding hydrogens is 454 g/mol. The molecule has 178 valence electrons. The summed E-state index contributed by atoms with van der Waals surface area (Å²) in [5, 5.41) is 21.9. The van der Waals surface area contributed by atoms with Crippen molar-refractivity contribution in [3.05, 3.63) is 90.0 Å². The van der Waals surface area contributed by atoms with Gasteiger partial charge in [0.2, 0.25) is 0 Å². The van der Waals surface area contributed by atoms with Crippen LogP contribution in [0.15, 0.2) is 88.8 Å². The molecule has 5 aromatic rings. The Morgan fingerprint density at radius 2 is 1.08 bits per heavy atom. The Hall–Kier alpha value is -4.91. The second-order valence-corrected chi connectivity index (χ2v) is 8.12. The van der Waals surface area contributed by atoms with Gasteiger partial charge in [-0.2, -0.15) is 0 Å². The maximum absolute atomic E-state index is 9.97. The zero-order valence-electron chi connectivity index (χ0n) is 19.7. The Labute approximate surface area is 207 Å². The number of fused-ring (bicyclic) bond motifs is 2. The van der Waals surface area contributed by atoms with Gasteiger partial charge in [-0.05, 0) is 77.9 Å². The largest absolute Gasteiger partial charge is 0.504 e. The molecule has 0 atom stereocenters. The first-order valence-electron chi connectivity index (χ1n) is 11.2. The lowest BCUT2D eigenvalue weighted by Crippen LogP contribution is -1.86. The van der Waals surface area contributed by atoms with E-state index in [4.69, 9.17) is 14.5 Å². The number of rotatable bonds is 6. The number of phenols is 2. The van der Waals surface area contributed by atoms with Crippen LogP contribution in [0.4, 0.5) is 11.4 Å². The fraction of sp³-hybridized carbons (Fsp3) is 0.0690. The van der Waals surface area contributed by atoms with Gasteiger partial charge in [-0.25, -0.2) is 4.98 Å². The molecule has 0 saturated heterocycles. The van der Waals surface area contributed by atoms with Crippen molar-refractivity contribution in [1.82, 2.24) is 4.98 Å². The number of aliphatic imine (C=N–C) groups is 2. The second kappa shape index (κ2) is 9.76. The SMILES string of the molecule is COc1ccc(C=Nc2ccc3cc4ccc(N=Cc5ccc(OC)c(O)c5)cc4nc3c2)cc1O. The number of methoxy groups -OCH3 is 2. The number of aromatic hydroxyl groups is 2. The maximum Gasteiger partial charge on any atom is 0.160 e. The van der Waals surface area contributed by atoms with Gasteiger partial charge in [-0.3, -0.25) is 9.98 Å². The van der Waals surface area contributed by atoms with Crippen LogP contribution in [0.2, 0.25) is 0 Å².